The number of halogens is 1. The number of likely N-dealkylation sites (tertiary alicyclic amines) is 1. The highest BCUT2D eigenvalue weighted by Gasteiger charge is 2.23. The van der Waals surface area contributed by atoms with E-state index in [9.17, 15) is 13.2 Å². The Morgan fingerprint density at radius 2 is 2.10 bits per heavy atom. The highest BCUT2D eigenvalue weighted by Crippen LogP contribution is 2.22. The zero-order valence-corrected chi connectivity index (χ0v) is 13.2. The molecule has 0 aliphatic carbocycles. The van der Waals surface area contributed by atoms with Crippen LogP contribution in [-0.4, -0.2) is 32.3 Å². The summed E-state index contributed by atoms with van der Waals surface area (Å²) in [5.74, 6) is 0.475. The minimum absolute atomic E-state index is 0.0280. The number of rotatable bonds is 2. The highest BCUT2D eigenvalue weighted by atomic mass is 35.7. The molecule has 1 saturated heterocycles. The first-order chi connectivity index (χ1) is 9.29. The molecule has 1 amide bonds. The Bertz CT molecular complexity index is 627. The second kappa shape index (κ2) is 5.74. The zero-order chi connectivity index (χ0) is 14.9. The largest absolute Gasteiger partial charge is 0.338 e. The number of benzene rings is 1. The number of nitrogens with zero attached hydrogens (tertiary/aromatic N) is 1. The van der Waals surface area contributed by atoms with Crippen LogP contribution in [0.3, 0.4) is 0 Å². The van der Waals surface area contributed by atoms with E-state index in [4.69, 9.17) is 10.7 Å². The Hall–Kier alpha value is -1.07. The first-order valence-corrected chi connectivity index (χ1v) is 8.94. The van der Waals surface area contributed by atoms with E-state index in [1.54, 1.807) is 13.0 Å². The molecule has 20 heavy (non-hydrogen) atoms. The molecule has 0 bridgehead atoms. The van der Waals surface area contributed by atoms with Crippen LogP contribution in [0.1, 0.15) is 35.7 Å². The quantitative estimate of drug-likeness (QED) is 0.789. The van der Waals surface area contributed by atoms with E-state index in [-0.39, 0.29) is 10.8 Å². The van der Waals surface area contributed by atoms with Crippen molar-refractivity contribution in [2.45, 2.75) is 31.6 Å². The third-order valence-electron chi connectivity index (χ3n) is 3.65. The normalized spacial score (nSPS) is 19.9. The lowest BCUT2D eigenvalue weighted by atomic mass is 9.99. The van der Waals surface area contributed by atoms with Crippen molar-refractivity contribution in [2.75, 3.05) is 13.1 Å². The second-order valence-corrected chi connectivity index (χ2v) is 7.98. The molecule has 0 aromatic heterocycles. The van der Waals surface area contributed by atoms with Crippen molar-refractivity contribution in [1.82, 2.24) is 4.90 Å². The van der Waals surface area contributed by atoms with Gasteiger partial charge in [-0.25, -0.2) is 8.42 Å². The van der Waals surface area contributed by atoms with E-state index in [0.29, 0.717) is 17.0 Å². The number of piperidine rings is 1. The molecule has 1 atom stereocenters. The molecule has 1 aliphatic heterocycles. The number of aryl methyl sites for hydroxylation is 1. The predicted molar refractivity (Wildman–Crippen MR) is 78.5 cm³/mol. The summed E-state index contributed by atoms with van der Waals surface area (Å²) in [6.07, 6.45) is 2.16. The maximum absolute atomic E-state index is 12.5. The molecule has 0 spiro atoms. The van der Waals surface area contributed by atoms with Crippen LogP contribution in [-0.2, 0) is 9.05 Å². The summed E-state index contributed by atoms with van der Waals surface area (Å²) >= 11 is 0. The first-order valence-electron chi connectivity index (χ1n) is 6.63. The van der Waals surface area contributed by atoms with Crippen molar-refractivity contribution in [3.05, 3.63) is 29.3 Å². The number of amides is 1. The van der Waals surface area contributed by atoms with Gasteiger partial charge in [0.15, 0.2) is 0 Å². The minimum Gasteiger partial charge on any atom is -0.338 e. The monoisotopic (exact) mass is 315 g/mol. The Kier molecular flexibility index (Phi) is 4.39. The van der Waals surface area contributed by atoms with Crippen LogP contribution >= 0.6 is 10.7 Å². The van der Waals surface area contributed by atoms with Gasteiger partial charge in [-0.3, -0.25) is 4.79 Å². The van der Waals surface area contributed by atoms with Gasteiger partial charge in [-0.15, -0.1) is 0 Å². The van der Waals surface area contributed by atoms with E-state index in [1.165, 1.54) is 12.1 Å². The average molecular weight is 316 g/mol. The lowest BCUT2D eigenvalue weighted by Gasteiger charge is -2.31. The lowest BCUT2D eigenvalue weighted by molar-refractivity contribution is 0.0682. The van der Waals surface area contributed by atoms with Gasteiger partial charge in [0.05, 0.1) is 4.90 Å². The van der Waals surface area contributed by atoms with Crippen LogP contribution < -0.4 is 0 Å². The second-order valence-electron chi connectivity index (χ2n) is 5.41. The molecular weight excluding hydrogens is 298 g/mol. The van der Waals surface area contributed by atoms with Gasteiger partial charge >= 0.3 is 0 Å². The number of carbonyl (C=O) groups excluding carboxylic acids is 1. The Balaban J connectivity index is 2.27. The summed E-state index contributed by atoms with van der Waals surface area (Å²) < 4.78 is 22.6. The van der Waals surface area contributed by atoms with E-state index in [1.807, 2.05) is 4.90 Å². The van der Waals surface area contributed by atoms with E-state index in [0.717, 1.165) is 25.9 Å². The fourth-order valence-corrected chi connectivity index (χ4v) is 3.41. The van der Waals surface area contributed by atoms with Crippen LogP contribution in [0.4, 0.5) is 0 Å². The molecule has 2 rings (SSSR count). The molecule has 0 radical (unpaired) electrons. The van der Waals surface area contributed by atoms with Crippen LogP contribution in [0.5, 0.6) is 0 Å². The smallest absolute Gasteiger partial charge is 0.261 e. The molecule has 6 heteroatoms. The standard InChI is InChI=1S/C14H18ClNO3S/c1-10-4-3-7-16(9-10)14(17)13-6-5-12(8-11(13)2)20(15,18)19/h5-6,8,10H,3-4,7,9H2,1-2H3. The van der Waals surface area contributed by atoms with E-state index in [2.05, 4.69) is 6.92 Å². The summed E-state index contributed by atoms with van der Waals surface area (Å²) in [4.78, 5) is 14.3. The lowest BCUT2D eigenvalue weighted by Crippen LogP contribution is -2.39. The Morgan fingerprint density at radius 3 is 2.65 bits per heavy atom. The number of hydrogen-bond donors (Lipinski definition) is 0. The summed E-state index contributed by atoms with van der Waals surface area (Å²) in [5, 5.41) is 0. The SMILES string of the molecule is Cc1cc(S(=O)(=O)Cl)ccc1C(=O)N1CCCC(C)C1. The summed E-state index contributed by atoms with van der Waals surface area (Å²) in [6.45, 7) is 5.38. The maximum Gasteiger partial charge on any atom is 0.261 e. The van der Waals surface area contributed by atoms with Crippen LogP contribution in [0.15, 0.2) is 23.1 Å². The average Bonchev–Trinajstić information content (AvgIpc) is 2.36. The number of hydrogen-bond acceptors (Lipinski definition) is 3. The van der Waals surface area contributed by atoms with Gasteiger partial charge in [-0.05, 0) is 49.4 Å². The highest BCUT2D eigenvalue weighted by molar-refractivity contribution is 8.13. The van der Waals surface area contributed by atoms with E-state index >= 15 is 0 Å². The molecule has 1 fully saturated rings. The van der Waals surface area contributed by atoms with Gasteiger partial charge in [-0.2, -0.15) is 0 Å². The first kappa shape index (κ1) is 15.3. The third kappa shape index (κ3) is 3.33. The number of carbonyl (C=O) groups is 1. The van der Waals surface area contributed by atoms with Gasteiger partial charge in [0, 0.05) is 29.3 Å². The van der Waals surface area contributed by atoms with Gasteiger partial charge in [0.2, 0.25) is 0 Å². The van der Waals surface area contributed by atoms with Gasteiger partial charge in [-0.1, -0.05) is 6.92 Å². The van der Waals surface area contributed by atoms with Crippen LogP contribution in [0.25, 0.3) is 0 Å². The van der Waals surface area contributed by atoms with Crippen molar-refractivity contribution < 1.29 is 13.2 Å². The van der Waals surface area contributed by atoms with Crippen molar-refractivity contribution in [3.8, 4) is 0 Å². The fraction of sp³-hybridized carbons (Fsp3) is 0.500. The Labute approximate surface area is 124 Å². The van der Waals surface area contributed by atoms with E-state index < -0.39 is 9.05 Å². The Morgan fingerprint density at radius 1 is 1.40 bits per heavy atom. The van der Waals surface area contributed by atoms with Crippen LogP contribution in [0, 0.1) is 12.8 Å². The molecule has 1 heterocycles. The van der Waals surface area contributed by atoms with Gasteiger partial charge in [0.1, 0.15) is 0 Å². The van der Waals surface area contributed by atoms with Gasteiger partial charge < -0.3 is 4.90 Å². The molecule has 1 aromatic carbocycles. The molecule has 110 valence electrons. The molecular formula is C14H18ClNO3S. The molecule has 1 aromatic rings. The summed E-state index contributed by atoms with van der Waals surface area (Å²) in [5.41, 5.74) is 1.18. The fourth-order valence-electron chi connectivity index (χ4n) is 2.57. The molecule has 0 saturated carbocycles. The van der Waals surface area contributed by atoms with Crippen molar-refractivity contribution in [3.63, 3.8) is 0 Å². The summed E-state index contributed by atoms with van der Waals surface area (Å²) in [7, 11) is 1.55. The van der Waals surface area contributed by atoms with Crippen molar-refractivity contribution in [2.24, 2.45) is 5.92 Å². The van der Waals surface area contributed by atoms with Gasteiger partial charge in [0.25, 0.3) is 15.0 Å². The molecule has 1 unspecified atom stereocenters. The van der Waals surface area contributed by atoms with Crippen molar-refractivity contribution in [1.29, 1.82) is 0 Å². The molecule has 1 aliphatic rings. The third-order valence-corrected chi connectivity index (χ3v) is 5.01. The van der Waals surface area contributed by atoms with Crippen molar-refractivity contribution >= 4 is 25.6 Å². The summed E-state index contributed by atoms with van der Waals surface area (Å²) in [6, 6.07) is 4.38. The van der Waals surface area contributed by atoms with Crippen LogP contribution in [0.2, 0.25) is 0 Å². The molecule has 0 N–H and O–H groups in total. The molecule has 4 nitrogen and oxygen atoms in total. The topological polar surface area (TPSA) is 54.5 Å². The predicted octanol–water partition coefficient (Wildman–Crippen LogP) is 2.79. The zero-order valence-electron chi connectivity index (χ0n) is 11.6. The maximum atomic E-state index is 12.5. The minimum atomic E-state index is -3.75.